The monoisotopic (exact) mass is 308 g/mol. The van der Waals surface area contributed by atoms with E-state index in [1.165, 1.54) is 0 Å². The number of ether oxygens (including phenoxy) is 1. The van der Waals surface area contributed by atoms with Gasteiger partial charge in [-0.2, -0.15) is 0 Å². The summed E-state index contributed by atoms with van der Waals surface area (Å²) < 4.78 is 5.20. The van der Waals surface area contributed by atoms with E-state index >= 15 is 0 Å². The highest BCUT2D eigenvalue weighted by Gasteiger charge is 2.09. The molecule has 1 aromatic heterocycles. The van der Waals surface area contributed by atoms with Gasteiger partial charge >= 0.3 is 5.97 Å². The minimum atomic E-state index is -0.344. The maximum absolute atomic E-state index is 12.0. The van der Waals surface area contributed by atoms with Crippen LogP contribution in [0.15, 0.2) is 59.4 Å². The molecule has 0 unspecified atom stereocenters. The van der Waals surface area contributed by atoms with Crippen LogP contribution < -0.4 is 5.56 Å². The van der Waals surface area contributed by atoms with Crippen molar-refractivity contribution in [3.8, 4) is 0 Å². The molecular formula is C18H16N2O3. The van der Waals surface area contributed by atoms with Gasteiger partial charge in [0.2, 0.25) is 0 Å². The van der Waals surface area contributed by atoms with E-state index in [4.69, 9.17) is 4.74 Å². The first kappa shape index (κ1) is 15.0. The fraction of sp³-hybridized carbons (Fsp3) is 0.167. The lowest BCUT2D eigenvalue weighted by Gasteiger charge is -2.05. The number of H-pyrrole nitrogens is 1. The van der Waals surface area contributed by atoms with E-state index in [1.54, 1.807) is 6.07 Å². The molecule has 0 spiro atoms. The molecule has 0 aliphatic rings. The molecule has 23 heavy (non-hydrogen) atoms. The third-order valence-corrected chi connectivity index (χ3v) is 3.48. The van der Waals surface area contributed by atoms with Gasteiger partial charge in [-0.3, -0.25) is 9.59 Å². The largest absolute Gasteiger partial charge is 0.461 e. The van der Waals surface area contributed by atoms with Gasteiger partial charge in [0, 0.05) is 6.42 Å². The fourth-order valence-electron chi connectivity index (χ4n) is 2.27. The van der Waals surface area contributed by atoms with Crippen molar-refractivity contribution in [3.05, 3.63) is 76.2 Å². The molecule has 0 saturated carbocycles. The molecule has 0 atom stereocenters. The summed E-state index contributed by atoms with van der Waals surface area (Å²) in [5.41, 5.74) is 2.41. The van der Waals surface area contributed by atoms with Crippen LogP contribution in [0, 0.1) is 0 Å². The van der Waals surface area contributed by atoms with Crippen molar-refractivity contribution in [1.82, 2.24) is 9.97 Å². The Bertz CT molecular complexity index is 872. The van der Waals surface area contributed by atoms with Crippen LogP contribution >= 0.6 is 0 Å². The molecule has 5 heteroatoms. The number of benzene rings is 2. The molecule has 0 aliphatic carbocycles. The number of esters is 1. The summed E-state index contributed by atoms with van der Waals surface area (Å²) in [5.74, 6) is -0.344. The quantitative estimate of drug-likeness (QED) is 0.735. The van der Waals surface area contributed by atoms with Crippen LogP contribution in [-0.2, 0) is 22.6 Å². The zero-order chi connectivity index (χ0) is 16.1. The SMILES string of the molecule is O=C(CCc1nc2ccccc2[nH]c1=O)OCc1ccccc1. The first-order valence-corrected chi connectivity index (χ1v) is 7.40. The number of hydrogen-bond acceptors (Lipinski definition) is 4. The molecule has 1 N–H and O–H groups in total. The van der Waals surface area contributed by atoms with Gasteiger partial charge in [-0.15, -0.1) is 0 Å². The van der Waals surface area contributed by atoms with Gasteiger partial charge in [0.15, 0.2) is 0 Å². The predicted molar refractivity (Wildman–Crippen MR) is 86.9 cm³/mol. The summed E-state index contributed by atoms with van der Waals surface area (Å²) >= 11 is 0. The van der Waals surface area contributed by atoms with E-state index in [0.29, 0.717) is 16.7 Å². The number of nitrogens with zero attached hydrogens (tertiary/aromatic N) is 1. The molecule has 0 fully saturated rings. The van der Waals surface area contributed by atoms with Crippen LogP contribution in [0.25, 0.3) is 11.0 Å². The highest BCUT2D eigenvalue weighted by Crippen LogP contribution is 2.07. The number of aromatic nitrogens is 2. The van der Waals surface area contributed by atoms with Crippen LogP contribution in [0.1, 0.15) is 17.7 Å². The minimum Gasteiger partial charge on any atom is -0.461 e. The molecule has 0 amide bonds. The Morgan fingerprint density at radius 1 is 1.04 bits per heavy atom. The Morgan fingerprint density at radius 2 is 1.78 bits per heavy atom. The number of aryl methyl sites for hydroxylation is 1. The first-order chi connectivity index (χ1) is 11.2. The van der Waals surface area contributed by atoms with Gasteiger partial charge in [0.05, 0.1) is 17.5 Å². The van der Waals surface area contributed by atoms with E-state index in [2.05, 4.69) is 9.97 Å². The summed E-state index contributed by atoms with van der Waals surface area (Å²) in [6.07, 6.45) is 0.384. The second kappa shape index (κ2) is 6.87. The van der Waals surface area contributed by atoms with Gasteiger partial charge < -0.3 is 9.72 Å². The van der Waals surface area contributed by atoms with Crippen molar-refractivity contribution in [3.63, 3.8) is 0 Å². The highest BCUT2D eigenvalue weighted by atomic mass is 16.5. The summed E-state index contributed by atoms with van der Waals surface area (Å²) in [6, 6.07) is 16.8. The zero-order valence-electron chi connectivity index (χ0n) is 12.5. The lowest BCUT2D eigenvalue weighted by atomic mass is 10.2. The average molecular weight is 308 g/mol. The molecule has 3 aromatic rings. The first-order valence-electron chi connectivity index (χ1n) is 7.40. The van der Waals surface area contributed by atoms with E-state index in [1.807, 2.05) is 48.5 Å². The average Bonchev–Trinajstić information content (AvgIpc) is 2.59. The number of fused-ring (bicyclic) bond motifs is 1. The number of hydrogen-bond donors (Lipinski definition) is 1. The number of carbonyl (C=O) groups excluding carboxylic acids is 1. The molecule has 0 aliphatic heterocycles. The van der Waals surface area contributed by atoms with Crippen molar-refractivity contribution in [2.24, 2.45) is 0 Å². The summed E-state index contributed by atoms with van der Waals surface area (Å²) in [5, 5.41) is 0. The van der Waals surface area contributed by atoms with E-state index < -0.39 is 0 Å². The van der Waals surface area contributed by atoms with Crippen LogP contribution in [0.5, 0.6) is 0 Å². The van der Waals surface area contributed by atoms with Crippen molar-refractivity contribution < 1.29 is 9.53 Å². The molecule has 0 radical (unpaired) electrons. The lowest BCUT2D eigenvalue weighted by molar-refractivity contribution is -0.144. The molecular weight excluding hydrogens is 292 g/mol. The highest BCUT2D eigenvalue weighted by molar-refractivity contribution is 5.74. The summed E-state index contributed by atoms with van der Waals surface area (Å²) in [7, 11) is 0. The Morgan fingerprint density at radius 3 is 2.61 bits per heavy atom. The second-order valence-electron chi connectivity index (χ2n) is 5.18. The van der Waals surface area contributed by atoms with Crippen molar-refractivity contribution in [1.29, 1.82) is 0 Å². The van der Waals surface area contributed by atoms with Crippen molar-refractivity contribution >= 4 is 17.0 Å². The van der Waals surface area contributed by atoms with E-state index in [9.17, 15) is 9.59 Å². The van der Waals surface area contributed by atoms with Crippen molar-refractivity contribution in [2.75, 3.05) is 0 Å². The Labute approximate surface area is 133 Å². The summed E-state index contributed by atoms with van der Waals surface area (Å²) in [6.45, 7) is 0.237. The molecule has 116 valence electrons. The van der Waals surface area contributed by atoms with Gasteiger partial charge in [-0.1, -0.05) is 42.5 Å². The third kappa shape index (κ3) is 3.83. The predicted octanol–water partition coefficient (Wildman–Crippen LogP) is 2.60. The Balaban J connectivity index is 1.60. The van der Waals surface area contributed by atoms with E-state index in [0.717, 1.165) is 5.56 Å². The van der Waals surface area contributed by atoms with Crippen LogP contribution in [0.3, 0.4) is 0 Å². The van der Waals surface area contributed by atoms with Crippen LogP contribution in [0.4, 0.5) is 0 Å². The van der Waals surface area contributed by atoms with Crippen molar-refractivity contribution in [2.45, 2.75) is 19.4 Å². The van der Waals surface area contributed by atoms with Gasteiger partial charge in [-0.25, -0.2) is 4.98 Å². The van der Waals surface area contributed by atoms with Crippen LogP contribution in [0.2, 0.25) is 0 Å². The second-order valence-corrected chi connectivity index (χ2v) is 5.18. The van der Waals surface area contributed by atoms with Gasteiger partial charge in [-0.05, 0) is 17.7 Å². The standard InChI is InChI=1S/C18H16N2O3/c21-17(23-12-13-6-2-1-3-7-13)11-10-16-18(22)20-15-9-5-4-8-14(15)19-16/h1-9H,10-12H2,(H,20,22). The maximum atomic E-state index is 12.0. The number of carbonyl (C=O) groups is 1. The number of aromatic amines is 1. The smallest absolute Gasteiger partial charge is 0.306 e. The van der Waals surface area contributed by atoms with Gasteiger partial charge in [0.1, 0.15) is 12.3 Å². The Hall–Kier alpha value is -2.95. The molecule has 1 heterocycles. The third-order valence-electron chi connectivity index (χ3n) is 3.48. The number of para-hydroxylation sites is 2. The summed E-state index contributed by atoms with van der Waals surface area (Å²) in [4.78, 5) is 30.8. The Kier molecular flexibility index (Phi) is 4.47. The maximum Gasteiger partial charge on any atom is 0.306 e. The van der Waals surface area contributed by atoms with Crippen LogP contribution in [-0.4, -0.2) is 15.9 Å². The molecule has 0 saturated heterocycles. The fourth-order valence-corrected chi connectivity index (χ4v) is 2.27. The molecule has 5 nitrogen and oxygen atoms in total. The zero-order valence-corrected chi connectivity index (χ0v) is 12.5. The molecule has 3 rings (SSSR count). The van der Waals surface area contributed by atoms with Gasteiger partial charge in [0.25, 0.3) is 5.56 Å². The lowest BCUT2D eigenvalue weighted by Crippen LogP contribution is -2.17. The molecule has 2 aromatic carbocycles. The van der Waals surface area contributed by atoms with E-state index in [-0.39, 0.29) is 31.0 Å². The number of rotatable bonds is 5. The number of nitrogens with one attached hydrogen (secondary N) is 1. The normalized spacial score (nSPS) is 10.6. The minimum absolute atomic E-state index is 0.126. The topological polar surface area (TPSA) is 72.0 Å². The molecule has 0 bridgehead atoms.